The molecule has 3 aromatic carbocycles. The second-order valence-corrected chi connectivity index (χ2v) is 7.54. The molecule has 0 fully saturated rings. The van der Waals surface area contributed by atoms with Crippen molar-refractivity contribution >= 4 is 11.6 Å². The first-order valence-electron chi connectivity index (χ1n) is 10.5. The number of ether oxygens (including phenoxy) is 3. The van der Waals surface area contributed by atoms with Crippen LogP contribution in [0.4, 0.5) is 10.1 Å². The van der Waals surface area contributed by atoms with E-state index in [1.807, 2.05) is 43.3 Å². The standard InChI is InChI=1S/C26H24FN3O4/c1-16-8-10-18(11-9-16)30-15-20(25(29-30)17-6-5-7-19(12-17)32-2)26(31)28-22-14-24(34-4)23(33-3)13-21(22)27/h5-15H,1-4H3,(H,28,31). The van der Waals surface area contributed by atoms with E-state index in [-0.39, 0.29) is 17.0 Å². The molecule has 4 aromatic rings. The highest BCUT2D eigenvalue weighted by Crippen LogP contribution is 2.33. The number of halogens is 1. The van der Waals surface area contributed by atoms with E-state index in [9.17, 15) is 9.18 Å². The fraction of sp³-hybridized carbons (Fsp3) is 0.154. The van der Waals surface area contributed by atoms with E-state index in [1.165, 1.54) is 20.3 Å². The molecule has 0 radical (unpaired) electrons. The quantitative estimate of drug-likeness (QED) is 0.406. The molecule has 1 amide bonds. The lowest BCUT2D eigenvalue weighted by Gasteiger charge is -2.12. The summed E-state index contributed by atoms with van der Waals surface area (Å²) in [6.45, 7) is 1.99. The van der Waals surface area contributed by atoms with Crippen molar-refractivity contribution in [1.82, 2.24) is 9.78 Å². The number of hydrogen-bond donors (Lipinski definition) is 1. The number of hydrogen-bond acceptors (Lipinski definition) is 5. The van der Waals surface area contributed by atoms with E-state index < -0.39 is 11.7 Å². The van der Waals surface area contributed by atoms with Crippen molar-refractivity contribution in [2.24, 2.45) is 0 Å². The first-order chi connectivity index (χ1) is 16.4. The number of nitrogens with one attached hydrogen (secondary N) is 1. The summed E-state index contributed by atoms with van der Waals surface area (Å²) in [5, 5.41) is 7.29. The van der Waals surface area contributed by atoms with Crippen LogP contribution in [0.25, 0.3) is 16.9 Å². The number of carbonyl (C=O) groups is 1. The van der Waals surface area contributed by atoms with E-state index >= 15 is 0 Å². The molecule has 0 bridgehead atoms. The Kier molecular flexibility index (Phi) is 6.49. The topological polar surface area (TPSA) is 74.6 Å². The highest BCUT2D eigenvalue weighted by Gasteiger charge is 2.21. The maximum Gasteiger partial charge on any atom is 0.259 e. The minimum absolute atomic E-state index is 0.0395. The molecule has 174 valence electrons. The Morgan fingerprint density at radius 1 is 0.941 bits per heavy atom. The van der Waals surface area contributed by atoms with Crippen molar-refractivity contribution in [1.29, 1.82) is 0 Å². The molecule has 1 N–H and O–H groups in total. The fourth-order valence-electron chi connectivity index (χ4n) is 3.49. The summed E-state index contributed by atoms with van der Waals surface area (Å²) < 4.78 is 32.0. The zero-order chi connectivity index (χ0) is 24.2. The monoisotopic (exact) mass is 461 g/mol. The van der Waals surface area contributed by atoms with E-state index in [2.05, 4.69) is 10.4 Å². The Morgan fingerprint density at radius 2 is 1.65 bits per heavy atom. The zero-order valence-corrected chi connectivity index (χ0v) is 19.3. The molecule has 1 heterocycles. The normalized spacial score (nSPS) is 10.6. The molecular weight excluding hydrogens is 437 g/mol. The van der Waals surface area contributed by atoms with Gasteiger partial charge in [0.25, 0.3) is 5.91 Å². The minimum atomic E-state index is -0.653. The summed E-state index contributed by atoms with van der Waals surface area (Å²) >= 11 is 0. The number of methoxy groups -OCH3 is 3. The summed E-state index contributed by atoms with van der Waals surface area (Å²) in [7, 11) is 4.42. The molecule has 0 aliphatic rings. The first kappa shape index (κ1) is 22.8. The minimum Gasteiger partial charge on any atom is -0.497 e. The number of anilines is 1. The van der Waals surface area contributed by atoms with E-state index in [0.717, 1.165) is 17.3 Å². The van der Waals surface area contributed by atoms with Crippen LogP contribution in [0.2, 0.25) is 0 Å². The molecule has 0 aliphatic carbocycles. The van der Waals surface area contributed by atoms with Crippen LogP contribution in [-0.4, -0.2) is 37.0 Å². The highest BCUT2D eigenvalue weighted by molar-refractivity contribution is 6.08. The Labute approximate surface area is 196 Å². The number of carbonyl (C=O) groups excluding carboxylic acids is 1. The predicted molar refractivity (Wildman–Crippen MR) is 128 cm³/mol. The van der Waals surface area contributed by atoms with Crippen molar-refractivity contribution in [3.05, 3.63) is 83.8 Å². The Balaban J connectivity index is 1.78. The third-order valence-electron chi connectivity index (χ3n) is 5.32. The highest BCUT2D eigenvalue weighted by atomic mass is 19.1. The molecular formula is C26H24FN3O4. The van der Waals surface area contributed by atoms with Crippen LogP contribution in [0, 0.1) is 12.7 Å². The first-order valence-corrected chi connectivity index (χ1v) is 10.5. The van der Waals surface area contributed by atoms with Crippen molar-refractivity contribution in [2.75, 3.05) is 26.6 Å². The Morgan fingerprint density at radius 3 is 2.32 bits per heavy atom. The van der Waals surface area contributed by atoms with Gasteiger partial charge < -0.3 is 19.5 Å². The lowest BCUT2D eigenvalue weighted by Crippen LogP contribution is -2.13. The maximum absolute atomic E-state index is 14.7. The third-order valence-corrected chi connectivity index (χ3v) is 5.32. The van der Waals surface area contributed by atoms with Gasteiger partial charge >= 0.3 is 0 Å². The largest absolute Gasteiger partial charge is 0.497 e. The zero-order valence-electron chi connectivity index (χ0n) is 19.3. The number of rotatable bonds is 7. The van der Waals surface area contributed by atoms with Gasteiger partial charge in [0.2, 0.25) is 0 Å². The van der Waals surface area contributed by atoms with Gasteiger partial charge in [-0.1, -0.05) is 29.8 Å². The summed E-state index contributed by atoms with van der Waals surface area (Å²) in [4.78, 5) is 13.3. The Bertz CT molecular complexity index is 1330. The van der Waals surface area contributed by atoms with Crippen molar-refractivity contribution < 1.29 is 23.4 Å². The van der Waals surface area contributed by atoms with E-state index in [4.69, 9.17) is 14.2 Å². The molecule has 1 aromatic heterocycles. The summed E-state index contributed by atoms with van der Waals surface area (Å²) in [5.74, 6) is -0.0355. The molecule has 34 heavy (non-hydrogen) atoms. The number of amides is 1. The number of nitrogens with zero attached hydrogens (tertiary/aromatic N) is 2. The van der Waals surface area contributed by atoms with Crippen LogP contribution in [0.3, 0.4) is 0 Å². The lowest BCUT2D eigenvalue weighted by molar-refractivity contribution is 0.102. The van der Waals surface area contributed by atoms with Crippen LogP contribution in [0.1, 0.15) is 15.9 Å². The molecule has 0 saturated heterocycles. The van der Waals surface area contributed by atoms with Gasteiger partial charge in [-0.3, -0.25) is 4.79 Å². The molecule has 0 saturated carbocycles. The van der Waals surface area contributed by atoms with Gasteiger partial charge in [0.15, 0.2) is 17.3 Å². The Hall–Kier alpha value is -4.33. The SMILES string of the molecule is COc1cccc(-c2nn(-c3ccc(C)cc3)cc2C(=O)Nc2cc(OC)c(OC)cc2F)c1. The molecule has 0 unspecified atom stereocenters. The number of aryl methyl sites for hydroxylation is 1. The second kappa shape index (κ2) is 9.66. The summed E-state index contributed by atoms with van der Waals surface area (Å²) in [6, 6.07) is 17.5. The van der Waals surface area contributed by atoms with Gasteiger partial charge in [0.1, 0.15) is 11.4 Å². The van der Waals surface area contributed by atoms with Gasteiger partial charge in [-0.15, -0.1) is 0 Å². The maximum atomic E-state index is 14.7. The van der Waals surface area contributed by atoms with E-state index in [0.29, 0.717) is 22.8 Å². The van der Waals surface area contributed by atoms with Gasteiger partial charge in [-0.25, -0.2) is 9.07 Å². The van der Waals surface area contributed by atoms with Crippen LogP contribution in [0.5, 0.6) is 17.2 Å². The van der Waals surface area contributed by atoms with Crippen molar-refractivity contribution in [2.45, 2.75) is 6.92 Å². The van der Waals surface area contributed by atoms with Gasteiger partial charge in [-0.05, 0) is 31.2 Å². The predicted octanol–water partition coefficient (Wildman–Crippen LogP) is 5.26. The average molecular weight is 461 g/mol. The van der Waals surface area contributed by atoms with Crippen LogP contribution >= 0.6 is 0 Å². The summed E-state index contributed by atoms with van der Waals surface area (Å²) in [5.41, 5.74) is 3.23. The molecule has 4 rings (SSSR count). The lowest BCUT2D eigenvalue weighted by atomic mass is 10.1. The van der Waals surface area contributed by atoms with Gasteiger partial charge in [0.05, 0.1) is 38.3 Å². The molecule has 7 nitrogen and oxygen atoms in total. The molecule has 8 heteroatoms. The smallest absolute Gasteiger partial charge is 0.259 e. The van der Waals surface area contributed by atoms with Crippen molar-refractivity contribution in [3.8, 4) is 34.2 Å². The van der Waals surface area contributed by atoms with Crippen LogP contribution < -0.4 is 19.5 Å². The fourth-order valence-corrected chi connectivity index (χ4v) is 3.49. The van der Waals surface area contributed by atoms with E-state index in [1.54, 1.807) is 30.1 Å². The number of benzene rings is 3. The van der Waals surface area contributed by atoms with Crippen LogP contribution in [-0.2, 0) is 0 Å². The van der Waals surface area contributed by atoms with Gasteiger partial charge in [-0.2, -0.15) is 5.10 Å². The molecule has 0 atom stereocenters. The summed E-state index contributed by atoms with van der Waals surface area (Å²) in [6.07, 6.45) is 1.62. The third kappa shape index (κ3) is 4.56. The molecule has 0 spiro atoms. The van der Waals surface area contributed by atoms with Gasteiger partial charge in [0, 0.05) is 23.9 Å². The van der Waals surface area contributed by atoms with Crippen molar-refractivity contribution in [3.63, 3.8) is 0 Å². The number of aromatic nitrogens is 2. The second-order valence-electron chi connectivity index (χ2n) is 7.54. The molecule has 0 aliphatic heterocycles. The average Bonchev–Trinajstić information content (AvgIpc) is 3.31. The van der Waals surface area contributed by atoms with Crippen LogP contribution in [0.15, 0.2) is 66.9 Å².